The van der Waals surface area contributed by atoms with Gasteiger partial charge in [0, 0.05) is 24.1 Å². The van der Waals surface area contributed by atoms with E-state index in [9.17, 15) is 9.18 Å². The number of amides is 1. The van der Waals surface area contributed by atoms with Crippen molar-refractivity contribution in [2.75, 3.05) is 7.11 Å². The number of carbonyl (C=O) groups is 1. The second kappa shape index (κ2) is 4.93. The number of methoxy groups -OCH3 is 1. The molecule has 0 aliphatic heterocycles. The minimum absolute atomic E-state index is 0.0711. The number of ether oxygens (including phenoxy) is 1. The van der Waals surface area contributed by atoms with Crippen molar-refractivity contribution in [3.05, 3.63) is 35.1 Å². The fourth-order valence-electron chi connectivity index (χ4n) is 2.65. The summed E-state index contributed by atoms with van der Waals surface area (Å²) >= 11 is 0. The lowest BCUT2D eigenvalue weighted by Gasteiger charge is -2.51. The summed E-state index contributed by atoms with van der Waals surface area (Å²) < 4.78 is 18.4. The first-order chi connectivity index (χ1) is 8.86. The Hall–Kier alpha value is -1.42. The molecule has 0 spiro atoms. The number of hydrogen-bond donors (Lipinski definition) is 1. The molecule has 1 fully saturated rings. The van der Waals surface area contributed by atoms with Crippen molar-refractivity contribution in [2.45, 2.75) is 39.3 Å². The molecule has 19 heavy (non-hydrogen) atoms. The van der Waals surface area contributed by atoms with Gasteiger partial charge in [0.1, 0.15) is 5.82 Å². The third kappa shape index (κ3) is 2.50. The molecule has 1 aromatic carbocycles. The predicted octanol–water partition coefficient (Wildman–Crippen LogP) is 2.68. The summed E-state index contributed by atoms with van der Waals surface area (Å²) in [4.78, 5) is 12.2. The van der Waals surface area contributed by atoms with Crippen LogP contribution in [0.2, 0.25) is 0 Å². The molecule has 1 amide bonds. The smallest absolute Gasteiger partial charge is 0.251 e. The van der Waals surface area contributed by atoms with E-state index < -0.39 is 0 Å². The van der Waals surface area contributed by atoms with Crippen LogP contribution in [0, 0.1) is 18.2 Å². The monoisotopic (exact) mass is 265 g/mol. The third-order valence-corrected chi connectivity index (χ3v) is 4.20. The van der Waals surface area contributed by atoms with Gasteiger partial charge < -0.3 is 10.1 Å². The van der Waals surface area contributed by atoms with E-state index in [-0.39, 0.29) is 29.3 Å². The first kappa shape index (κ1) is 14.0. The van der Waals surface area contributed by atoms with Crippen molar-refractivity contribution in [2.24, 2.45) is 5.41 Å². The molecule has 2 atom stereocenters. The summed E-state index contributed by atoms with van der Waals surface area (Å²) in [6.07, 6.45) is 0.988. The van der Waals surface area contributed by atoms with E-state index in [1.165, 1.54) is 18.2 Å². The highest BCUT2D eigenvalue weighted by molar-refractivity contribution is 5.95. The van der Waals surface area contributed by atoms with Crippen LogP contribution in [0.5, 0.6) is 0 Å². The van der Waals surface area contributed by atoms with Gasteiger partial charge in [-0.1, -0.05) is 13.8 Å². The Morgan fingerprint density at radius 2 is 2.16 bits per heavy atom. The van der Waals surface area contributed by atoms with E-state index in [0.29, 0.717) is 11.1 Å². The zero-order valence-corrected chi connectivity index (χ0v) is 11.8. The van der Waals surface area contributed by atoms with Crippen LogP contribution in [-0.4, -0.2) is 25.2 Å². The molecule has 1 saturated carbocycles. The fraction of sp³-hybridized carbons (Fsp3) is 0.533. The van der Waals surface area contributed by atoms with Gasteiger partial charge in [-0.05, 0) is 37.1 Å². The van der Waals surface area contributed by atoms with Gasteiger partial charge in [0.2, 0.25) is 0 Å². The zero-order valence-electron chi connectivity index (χ0n) is 11.8. The topological polar surface area (TPSA) is 38.3 Å². The molecule has 0 heterocycles. The highest BCUT2D eigenvalue weighted by Gasteiger charge is 2.49. The molecule has 104 valence electrons. The molecule has 1 aliphatic carbocycles. The molecule has 3 nitrogen and oxygen atoms in total. The number of carbonyl (C=O) groups excluding carboxylic acids is 1. The van der Waals surface area contributed by atoms with Gasteiger partial charge in [-0.2, -0.15) is 0 Å². The second-order valence-electron chi connectivity index (χ2n) is 5.77. The van der Waals surface area contributed by atoms with Gasteiger partial charge in [-0.25, -0.2) is 4.39 Å². The number of hydrogen-bond acceptors (Lipinski definition) is 2. The fourth-order valence-corrected chi connectivity index (χ4v) is 2.65. The Morgan fingerprint density at radius 3 is 2.68 bits per heavy atom. The SMILES string of the molecule is COC1CC(NC(=O)c2ccc(F)cc2C)C1(C)C. The van der Waals surface area contributed by atoms with Crippen molar-refractivity contribution < 1.29 is 13.9 Å². The maximum Gasteiger partial charge on any atom is 0.251 e. The summed E-state index contributed by atoms with van der Waals surface area (Å²) in [5.74, 6) is -0.470. The summed E-state index contributed by atoms with van der Waals surface area (Å²) in [7, 11) is 1.69. The Morgan fingerprint density at radius 1 is 1.47 bits per heavy atom. The largest absolute Gasteiger partial charge is 0.381 e. The highest BCUT2D eigenvalue weighted by Crippen LogP contribution is 2.42. The van der Waals surface area contributed by atoms with Crippen LogP contribution in [0.4, 0.5) is 4.39 Å². The van der Waals surface area contributed by atoms with Crippen LogP contribution in [0.25, 0.3) is 0 Å². The van der Waals surface area contributed by atoms with Crippen LogP contribution >= 0.6 is 0 Å². The normalized spacial score (nSPS) is 24.7. The third-order valence-electron chi connectivity index (χ3n) is 4.20. The quantitative estimate of drug-likeness (QED) is 0.912. The maximum absolute atomic E-state index is 13.0. The van der Waals surface area contributed by atoms with Gasteiger partial charge in [0.25, 0.3) is 5.91 Å². The summed E-state index contributed by atoms with van der Waals surface area (Å²) in [6, 6.07) is 4.30. The van der Waals surface area contributed by atoms with Crippen molar-refractivity contribution in [3.63, 3.8) is 0 Å². The Labute approximate surface area is 113 Å². The first-order valence-electron chi connectivity index (χ1n) is 6.46. The first-order valence-corrected chi connectivity index (χ1v) is 6.46. The minimum Gasteiger partial charge on any atom is -0.381 e. The molecule has 1 N–H and O–H groups in total. The lowest BCUT2D eigenvalue weighted by molar-refractivity contribution is -0.0942. The number of benzene rings is 1. The van der Waals surface area contributed by atoms with Gasteiger partial charge in [-0.3, -0.25) is 4.79 Å². The zero-order chi connectivity index (χ0) is 14.2. The van der Waals surface area contributed by atoms with Crippen LogP contribution in [0.3, 0.4) is 0 Å². The lowest BCUT2D eigenvalue weighted by Crippen LogP contribution is -2.61. The van der Waals surface area contributed by atoms with E-state index in [2.05, 4.69) is 19.2 Å². The second-order valence-corrected chi connectivity index (χ2v) is 5.77. The van der Waals surface area contributed by atoms with Crippen LogP contribution in [0.1, 0.15) is 36.2 Å². The van der Waals surface area contributed by atoms with Gasteiger partial charge in [-0.15, -0.1) is 0 Å². The van der Waals surface area contributed by atoms with E-state index in [4.69, 9.17) is 4.74 Å². The average Bonchev–Trinajstić information content (AvgIpc) is 2.33. The molecular weight excluding hydrogens is 245 g/mol. The molecule has 1 aliphatic rings. The Balaban J connectivity index is 2.07. The number of nitrogens with one attached hydrogen (secondary N) is 1. The highest BCUT2D eigenvalue weighted by atomic mass is 19.1. The molecule has 0 radical (unpaired) electrons. The van der Waals surface area contributed by atoms with Crippen LogP contribution in [-0.2, 0) is 4.74 Å². The van der Waals surface area contributed by atoms with E-state index >= 15 is 0 Å². The summed E-state index contributed by atoms with van der Waals surface area (Å²) in [5, 5.41) is 3.01. The molecule has 1 aromatic rings. The summed E-state index contributed by atoms with van der Waals surface area (Å²) in [5.41, 5.74) is 1.11. The van der Waals surface area contributed by atoms with Crippen LogP contribution in [0.15, 0.2) is 18.2 Å². The van der Waals surface area contributed by atoms with E-state index in [0.717, 1.165) is 6.42 Å². The van der Waals surface area contributed by atoms with Crippen molar-refractivity contribution in [1.29, 1.82) is 0 Å². The lowest BCUT2D eigenvalue weighted by atomic mass is 9.64. The van der Waals surface area contributed by atoms with Gasteiger partial charge in [0.05, 0.1) is 6.10 Å². The molecule has 0 aromatic heterocycles. The standard InChI is InChI=1S/C15H20FNO2/c1-9-7-10(16)5-6-11(9)14(18)17-12-8-13(19-4)15(12,2)3/h5-7,12-13H,8H2,1-4H3,(H,17,18). The van der Waals surface area contributed by atoms with Gasteiger partial charge >= 0.3 is 0 Å². The van der Waals surface area contributed by atoms with E-state index in [1.807, 2.05) is 0 Å². The van der Waals surface area contributed by atoms with Crippen LogP contribution < -0.4 is 5.32 Å². The predicted molar refractivity (Wildman–Crippen MR) is 71.6 cm³/mol. The minimum atomic E-state index is -0.322. The molecule has 0 saturated heterocycles. The van der Waals surface area contributed by atoms with E-state index in [1.54, 1.807) is 14.0 Å². The number of rotatable bonds is 3. The maximum atomic E-state index is 13.0. The average molecular weight is 265 g/mol. The number of aryl methyl sites for hydroxylation is 1. The van der Waals surface area contributed by atoms with Crippen molar-refractivity contribution >= 4 is 5.91 Å². The molecule has 0 bridgehead atoms. The van der Waals surface area contributed by atoms with Crippen molar-refractivity contribution in [3.8, 4) is 0 Å². The molecular formula is C15H20FNO2. The Bertz CT molecular complexity index is 499. The molecule has 2 unspecified atom stereocenters. The molecule has 2 rings (SSSR count). The summed E-state index contributed by atoms with van der Waals surface area (Å²) in [6.45, 7) is 5.89. The van der Waals surface area contributed by atoms with Gasteiger partial charge in [0.15, 0.2) is 0 Å². The van der Waals surface area contributed by atoms with Crippen molar-refractivity contribution in [1.82, 2.24) is 5.32 Å². The number of halogens is 1. The Kier molecular flexibility index (Phi) is 3.63. The molecule has 4 heteroatoms.